The molecule has 0 saturated carbocycles. The van der Waals surface area contributed by atoms with Crippen LogP contribution < -0.4 is 5.32 Å². The molecule has 2 heteroatoms. The second kappa shape index (κ2) is 9.41. The molecular formula is C18H30ClN. The Labute approximate surface area is 130 Å². The Kier molecular flexibility index (Phi) is 8.25. The molecule has 0 fully saturated rings. The van der Waals surface area contributed by atoms with Crippen LogP contribution in [0.2, 0.25) is 5.02 Å². The molecule has 0 aromatic heterocycles. The lowest BCUT2D eigenvalue weighted by Crippen LogP contribution is -2.23. The second-order valence-electron chi connectivity index (χ2n) is 5.77. The highest BCUT2D eigenvalue weighted by atomic mass is 35.5. The zero-order valence-corrected chi connectivity index (χ0v) is 14.3. The van der Waals surface area contributed by atoms with Crippen LogP contribution in [0, 0.1) is 12.8 Å². The van der Waals surface area contributed by atoms with Gasteiger partial charge in [0.1, 0.15) is 0 Å². The Bertz CT molecular complexity index is 389. The number of aryl methyl sites for hydroxylation is 1. The van der Waals surface area contributed by atoms with Crippen molar-refractivity contribution in [3.05, 3.63) is 34.3 Å². The normalized spacial score (nSPS) is 14.2. The van der Waals surface area contributed by atoms with E-state index in [2.05, 4.69) is 45.1 Å². The summed E-state index contributed by atoms with van der Waals surface area (Å²) in [5.74, 6) is 0.815. The van der Waals surface area contributed by atoms with Gasteiger partial charge in [-0.05, 0) is 43.0 Å². The lowest BCUT2D eigenvalue weighted by Gasteiger charge is -2.24. The fraction of sp³-hybridized carbons (Fsp3) is 0.667. The third kappa shape index (κ3) is 5.46. The minimum atomic E-state index is 0.456. The maximum atomic E-state index is 6.14. The van der Waals surface area contributed by atoms with E-state index in [1.54, 1.807) is 0 Å². The molecule has 1 aromatic rings. The van der Waals surface area contributed by atoms with Crippen molar-refractivity contribution in [2.75, 3.05) is 6.54 Å². The summed E-state index contributed by atoms with van der Waals surface area (Å²) in [6.07, 6.45) is 6.49. The molecule has 1 N–H and O–H groups in total. The minimum Gasteiger partial charge on any atom is -0.310 e. The van der Waals surface area contributed by atoms with E-state index in [4.69, 9.17) is 11.6 Å². The van der Waals surface area contributed by atoms with Crippen molar-refractivity contribution in [1.29, 1.82) is 0 Å². The van der Waals surface area contributed by atoms with Gasteiger partial charge in [-0.3, -0.25) is 0 Å². The van der Waals surface area contributed by atoms with Crippen molar-refractivity contribution in [3.8, 4) is 0 Å². The average molecular weight is 296 g/mol. The molecule has 0 bridgehead atoms. The fourth-order valence-electron chi connectivity index (χ4n) is 2.78. The van der Waals surface area contributed by atoms with Gasteiger partial charge in [-0.2, -0.15) is 0 Å². The first-order valence-electron chi connectivity index (χ1n) is 8.11. The van der Waals surface area contributed by atoms with Crippen LogP contribution in [0.4, 0.5) is 0 Å². The standard InChI is InChI=1S/C18H30ClN/c1-5-8-9-15(6-2)13-18(20-7-3)16-10-11-17(19)14(4)12-16/h10-12,15,18,20H,5-9,13H2,1-4H3. The van der Waals surface area contributed by atoms with Crippen LogP contribution in [0.25, 0.3) is 0 Å². The van der Waals surface area contributed by atoms with E-state index in [0.717, 1.165) is 17.5 Å². The van der Waals surface area contributed by atoms with Crippen LogP contribution in [-0.4, -0.2) is 6.54 Å². The highest BCUT2D eigenvalue weighted by molar-refractivity contribution is 6.31. The molecule has 0 radical (unpaired) electrons. The largest absolute Gasteiger partial charge is 0.310 e. The first kappa shape index (κ1) is 17.5. The van der Waals surface area contributed by atoms with Crippen molar-refractivity contribution in [2.24, 2.45) is 5.92 Å². The van der Waals surface area contributed by atoms with Crippen molar-refractivity contribution in [3.63, 3.8) is 0 Å². The summed E-state index contributed by atoms with van der Waals surface area (Å²) in [6.45, 7) is 9.87. The van der Waals surface area contributed by atoms with Crippen LogP contribution in [0.1, 0.15) is 70.0 Å². The Morgan fingerprint density at radius 2 is 1.95 bits per heavy atom. The van der Waals surface area contributed by atoms with E-state index < -0.39 is 0 Å². The van der Waals surface area contributed by atoms with Crippen molar-refractivity contribution in [2.45, 2.75) is 65.8 Å². The predicted molar refractivity (Wildman–Crippen MR) is 90.5 cm³/mol. The van der Waals surface area contributed by atoms with E-state index >= 15 is 0 Å². The van der Waals surface area contributed by atoms with E-state index in [-0.39, 0.29) is 0 Å². The maximum Gasteiger partial charge on any atom is 0.0435 e. The Morgan fingerprint density at radius 3 is 2.50 bits per heavy atom. The first-order valence-corrected chi connectivity index (χ1v) is 8.49. The van der Waals surface area contributed by atoms with Gasteiger partial charge in [0, 0.05) is 11.1 Å². The lowest BCUT2D eigenvalue weighted by atomic mass is 9.89. The lowest BCUT2D eigenvalue weighted by molar-refractivity contribution is 0.357. The van der Waals surface area contributed by atoms with Crippen molar-refractivity contribution >= 4 is 11.6 Å². The molecule has 0 heterocycles. The zero-order chi connectivity index (χ0) is 15.0. The molecule has 2 unspecified atom stereocenters. The van der Waals surface area contributed by atoms with Gasteiger partial charge in [0.25, 0.3) is 0 Å². The number of halogens is 1. The van der Waals surface area contributed by atoms with E-state index in [1.807, 2.05) is 6.07 Å². The number of unbranched alkanes of at least 4 members (excludes halogenated alkanes) is 1. The van der Waals surface area contributed by atoms with Gasteiger partial charge in [0.15, 0.2) is 0 Å². The van der Waals surface area contributed by atoms with Gasteiger partial charge in [-0.15, -0.1) is 0 Å². The number of rotatable bonds is 9. The molecular weight excluding hydrogens is 266 g/mol. The van der Waals surface area contributed by atoms with Crippen LogP contribution >= 0.6 is 11.6 Å². The second-order valence-corrected chi connectivity index (χ2v) is 6.18. The SMILES string of the molecule is CCCCC(CC)CC(NCC)c1ccc(Cl)c(C)c1. The summed E-state index contributed by atoms with van der Waals surface area (Å²) in [4.78, 5) is 0. The molecule has 0 aliphatic carbocycles. The molecule has 1 rings (SSSR count). The van der Waals surface area contributed by atoms with Crippen molar-refractivity contribution < 1.29 is 0 Å². The van der Waals surface area contributed by atoms with Gasteiger partial charge in [-0.1, -0.05) is 70.2 Å². The zero-order valence-electron chi connectivity index (χ0n) is 13.5. The van der Waals surface area contributed by atoms with Gasteiger partial charge in [0.2, 0.25) is 0 Å². The third-order valence-electron chi connectivity index (χ3n) is 4.15. The van der Waals surface area contributed by atoms with Crippen LogP contribution in [0.5, 0.6) is 0 Å². The summed E-state index contributed by atoms with van der Waals surface area (Å²) in [6, 6.07) is 6.90. The summed E-state index contributed by atoms with van der Waals surface area (Å²) in [7, 11) is 0. The Morgan fingerprint density at radius 1 is 1.20 bits per heavy atom. The van der Waals surface area contributed by atoms with Crippen LogP contribution in [0.15, 0.2) is 18.2 Å². The van der Waals surface area contributed by atoms with Crippen LogP contribution in [0.3, 0.4) is 0 Å². The fourth-order valence-corrected chi connectivity index (χ4v) is 2.90. The molecule has 0 amide bonds. The molecule has 1 aromatic carbocycles. The predicted octanol–water partition coefficient (Wildman–Crippen LogP) is 5.91. The number of nitrogens with one attached hydrogen (secondary N) is 1. The van der Waals surface area contributed by atoms with E-state index in [0.29, 0.717) is 6.04 Å². The number of benzene rings is 1. The molecule has 20 heavy (non-hydrogen) atoms. The quantitative estimate of drug-likeness (QED) is 0.597. The molecule has 114 valence electrons. The topological polar surface area (TPSA) is 12.0 Å². The Balaban J connectivity index is 2.78. The highest BCUT2D eigenvalue weighted by Crippen LogP contribution is 2.28. The average Bonchev–Trinajstić information content (AvgIpc) is 2.45. The van der Waals surface area contributed by atoms with Gasteiger partial charge in [0.05, 0.1) is 0 Å². The summed E-state index contributed by atoms with van der Waals surface area (Å²) in [5, 5.41) is 4.51. The summed E-state index contributed by atoms with van der Waals surface area (Å²) < 4.78 is 0. The summed E-state index contributed by atoms with van der Waals surface area (Å²) in [5.41, 5.74) is 2.55. The van der Waals surface area contributed by atoms with E-state index in [1.165, 1.54) is 43.2 Å². The minimum absolute atomic E-state index is 0.456. The molecule has 0 aliphatic rings. The van der Waals surface area contributed by atoms with Gasteiger partial charge >= 0.3 is 0 Å². The molecule has 0 saturated heterocycles. The highest BCUT2D eigenvalue weighted by Gasteiger charge is 2.16. The molecule has 0 spiro atoms. The maximum absolute atomic E-state index is 6.14. The Hall–Kier alpha value is -0.530. The molecule has 1 nitrogen and oxygen atoms in total. The molecule has 0 aliphatic heterocycles. The van der Waals surface area contributed by atoms with Gasteiger partial charge < -0.3 is 5.32 Å². The van der Waals surface area contributed by atoms with Crippen LogP contribution in [-0.2, 0) is 0 Å². The van der Waals surface area contributed by atoms with Gasteiger partial charge in [-0.25, -0.2) is 0 Å². The first-order chi connectivity index (χ1) is 9.62. The third-order valence-corrected chi connectivity index (χ3v) is 4.57. The smallest absolute Gasteiger partial charge is 0.0435 e. The summed E-state index contributed by atoms with van der Waals surface area (Å²) >= 11 is 6.14. The monoisotopic (exact) mass is 295 g/mol. The van der Waals surface area contributed by atoms with E-state index in [9.17, 15) is 0 Å². The number of hydrogen-bond donors (Lipinski definition) is 1. The molecule has 2 atom stereocenters. The van der Waals surface area contributed by atoms with Crippen molar-refractivity contribution in [1.82, 2.24) is 5.32 Å². The number of hydrogen-bond acceptors (Lipinski definition) is 1.